The minimum Gasteiger partial charge on any atom is -0.0991 e. The van der Waals surface area contributed by atoms with Gasteiger partial charge in [0, 0.05) is 5.02 Å². The molecule has 0 saturated carbocycles. The summed E-state index contributed by atoms with van der Waals surface area (Å²) in [6.45, 7) is 7.41. The van der Waals surface area contributed by atoms with Gasteiger partial charge in [-0.25, -0.2) is 0 Å². The average Bonchev–Trinajstić information content (AvgIpc) is 2.13. The first kappa shape index (κ1) is 12.0. The molecule has 0 spiro atoms. The molecule has 0 fully saturated rings. The van der Waals surface area contributed by atoms with Crippen molar-refractivity contribution in [1.82, 2.24) is 0 Å². The summed E-state index contributed by atoms with van der Waals surface area (Å²) in [5, 5.41) is 0.840. The fraction of sp³-hybridized carbons (Fsp3) is 0.167. The Morgan fingerprint density at radius 2 is 1.92 bits per heavy atom. The van der Waals surface area contributed by atoms with Crippen molar-refractivity contribution in [3.05, 3.63) is 59.7 Å². The number of rotatable bonds is 1. The number of hydrogen-bond acceptors (Lipinski definition) is 0. The van der Waals surface area contributed by atoms with Crippen LogP contribution in [-0.4, -0.2) is 0 Å². The molecule has 0 radical (unpaired) electrons. The molecule has 1 heteroatoms. The lowest BCUT2D eigenvalue weighted by Gasteiger charge is -1.90. The molecule has 0 amide bonds. The third-order valence-electron chi connectivity index (χ3n) is 1.41. The van der Waals surface area contributed by atoms with Crippen LogP contribution >= 0.6 is 11.6 Å². The monoisotopic (exact) mass is 194 g/mol. The molecule has 1 aromatic rings. The van der Waals surface area contributed by atoms with Gasteiger partial charge in [0.05, 0.1) is 0 Å². The molecule has 0 aliphatic carbocycles. The van der Waals surface area contributed by atoms with Crippen LogP contribution in [0.25, 0.3) is 0 Å². The molecule has 13 heavy (non-hydrogen) atoms. The van der Waals surface area contributed by atoms with Crippen LogP contribution in [0.3, 0.4) is 0 Å². The van der Waals surface area contributed by atoms with E-state index in [0.717, 1.165) is 10.6 Å². The SMILES string of the molecule is C=C/C=C\C.Cc1ccccc1Cl. The zero-order chi connectivity index (χ0) is 10.1. The highest BCUT2D eigenvalue weighted by Gasteiger charge is 1.86. The summed E-state index contributed by atoms with van der Waals surface area (Å²) in [6, 6.07) is 7.77. The number of hydrogen-bond donors (Lipinski definition) is 0. The smallest absolute Gasteiger partial charge is 0.0435 e. The third kappa shape index (κ3) is 6.18. The summed E-state index contributed by atoms with van der Waals surface area (Å²) < 4.78 is 0. The first-order chi connectivity index (χ1) is 6.22. The minimum atomic E-state index is 0.840. The number of allylic oxidation sites excluding steroid dienone is 3. The zero-order valence-corrected chi connectivity index (χ0v) is 8.88. The third-order valence-corrected chi connectivity index (χ3v) is 1.83. The molecule has 0 aliphatic heterocycles. The molecule has 0 aliphatic rings. The maximum Gasteiger partial charge on any atom is 0.0435 e. The first-order valence-corrected chi connectivity index (χ1v) is 4.55. The molecule has 1 rings (SSSR count). The molecule has 0 bridgehead atoms. The molecule has 0 aromatic heterocycles. The molecule has 0 atom stereocenters. The van der Waals surface area contributed by atoms with Crippen LogP contribution in [0.5, 0.6) is 0 Å². The van der Waals surface area contributed by atoms with E-state index in [1.165, 1.54) is 0 Å². The number of aryl methyl sites for hydroxylation is 1. The maximum atomic E-state index is 5.71. The van der Waals surface area contributed by atoms with Crippen molar-refractivity contribution < 1.29 is 0 Å². The second-order valence-corrected chi connectivity index (χ2v) is 2.92. The Morgan fingerprint density at radius 1 is 1.31 bits per heavy atom. The van der Waals surface area contributed by atoms with Crippen LogP contribution < -0.4 is 0 Å². The molecular weight excluding hydrogens is 180 g/mol. The Bertz CT molecular complexity index is 253. The fourth-order valence-electron chi connectivity index (χ4n) is 0.687. The van der Waals surface area contributed by atoms with Crippen LogP contribution in [0, 0.1) is 6.92 Å². The van der Waals surface area contributed by atoms with Crippen LogP contribution in [0.15, 0.2) is 49.1 Å². The molecule has 0 unspecified atom stereocenters. The van der Waals surface area contributed by atoms with Crippen molar-refractivity contribution in [2.75, 3.05) is 0 Å². The quantitative estimate of drug-likeness (QED) is 0.582. The largest absolute Gasteiger partial charge is 0.0991 e. The van der Waals surface area contributed by atoms with Crippen LogP contribution in [0.2, 0.25) is 5.02 Å². The predicted molar refractivity (Wildman–Crippen MR) is 61.2 cm³/mol. The van der Waals surface area contributed by atoms with Gasteiger partial charge < -0.3 is 0 Å². The maximum absolute atomic E-state index is 5.71. The zero-order valence-electron chi connectivity index (χ0n) is 8.13. The summed E-state index contributed by atoms with van der Waals surface area (Å²) >= 11 is 5.71. The molecule has 0 N–H and O–H groups in total. The van der Waals surface area contributed by atoms with E-state index >= 15 is 0 Å². The Balaban J connectivity index is 0.000000252. The van der Waals surface area contributed by atoms with Gasteiger partial charge in [-0.05, 0) is 25.5 Å². The van der Waals surface area contributed by atoms with Gasteiger partial charge in [0.1, 0.15) is 0 Å². The van der Waals surface area contributed by atoms with E-state index in [0.29, 0.717) is 0 Å². The van der Waals surface area contributed by atoms with Crippen molar-refractivity contribution in [3.63, 3.8) is 0 Å². The second-order valence-electron chi connectivity index (χ2n) is 2.51. The number of benzene rings is 1. The van der Waals surface area contributed by atoms with Crippen LogP contribution in [0.1, 0.15) is 12.5 Å². The highest BCUT2D eigenvalue weighted by Crippen LogP contribution is 2.11. The molecule has 0 nitrogen and oxygen atoms in total. The molecule has 0 heterocycles. The lowest BCUT2D eigenvalue weighted by Crippen LogP contribution is -1.68. The molecular formula is C12H15Cl. The van der Waals surface area contributed by atoms with Gasteiger partial charge in [0.2, 0.25) is 0 Å². The van der Waals surface area contributed by atoms with Gasteiger partial charge in [-0.1, -0.05) is 54.6 Å². The van der Waals surface area contributed by atoms with Crippen molar-refractivity contribution in [2.24, 2.45) is 0 Å². The highest BCUT2D eigenvalue weighted by molar-refractivity contribution is 6.31. The normalized spacial score (nSPS) is 9.15. The summed E-state index contributed by atoms with van der Waals surface area (Å²) in [5.74, 6) is 0. The predicted octanol–water partition coefficient (Wildman–Crippen LogP) is 4.40. The van der Waals surface area contributed by atoms with E-state index in [9.17, 15) is 0 Å². The Hall–Kier alpha value is -1.01. The Labute approximate surface area is 85.6 Å². The van der Waals surface area contributed by atoms with Gasteiger partial charge >= 0.3 is 0 Å². The molecule has 1 aromatic carbocycles. The van der Waals surface area contributed by atoms with Crippen molar-refractivity contribution in [3.8, 4) is 0 Å². The summed E-state index contributed by atoms with van der Waals surface area (Å²) in [7, 11) is 0. The standard InChI is InChI=1S/C7H7Cl.C5H8/c1-6-4-2-3-5-7(6)8;1-3-5-4-2/h2-5H,1H3;3-5H,1H2,2H3/b;5-4-. The Morgan fingerprint density at radius 3 is 2.15 bits per heavy atom. The van der Waals surface area contributed by atoms with Crippen LogP contribution in [-0.2, 0) is 0 Å². The van der Waals surface area contributed by atoms with Gasteiger partial charge in [-0.2, -0.15) is 0 Å². The summed E-state index contributed by atoms with van der Waals surface area (Å²) in [5.41, 5.74) is 1.13. The lowest BCUT2D eigenvalue weighted by molar-refractivity contribution is 1.47. The molecule has 70 valence electrons. The topological polar surface area (TPSA) is 0 Å². The van der Waals surface area contributed by atoms with Gasteiger partial charge in [-0.3, -0.25) is 0 Å². The Kier molecular flexibility index (Phi) is 7.04. The van der Waals surface area contributed by atoms with E-state index in [-0.39, 0.29) is 0 Å². The highest BCUT2D eigenvalue weighted by atomic mass is 35.5. The van der Waals surface area contributed by atoms with Crippen molar-refractivity contribution >= 4 is 11.6 Å². The van der Waals surface area contributed by atoms with E-state index in [4.69, 9.17) is 11.6 Å². The molecule has 0 saturated heterocycles. The van der Waals surface area contributed by atoms with Gasteiger partial charge in [-0.15, -0.1) is 0 Å². The second kappa shape index (κ2) is 7.63. The van der Waals surface area contributed by atoms with E-state index in [2.05, 4.69) is 6.58 Å². The van der Waals surface area contributed by atoms with E-state index in [1.54, 1.807) is 6.08 Å². The van der Waals surface area contributed by atoms with Crippen molar-refractivity contribution in [2.45, 2.75) is 13.8 Å². The average molecular weight is 195 g/mol. The summed E-state index contributed by atoms with van der Waals surface area (Å²) in [4.78, 5) is 0. The van der Waals surface area contributed by atoms with Crippen LogP contribution in [0.4, 0.5) is 0 Å². The van der Waals surface area contributed by atoms with Crippen molar-refractivity contribution in [1.29, 1.82) is 0 Å². The van der Waals surface area contributed by atoms with E-state index < -0.39 is 0 Å². The van der Waals surface area contributed by atoms with E-state index in [1.807, 2.05) is 50.3 Å². The first-order valence-electron chi connectivity index (χ1n) is 4.17. The summed E-state index contributed by atoms with van der Waals surface area (Å²) in [6.07, 6.45) is 5.58. The van der Waals surface area contributed by atoms with Gasteiger partial charge in [0.15, 0.2) is 0 Å². The van der Waals surface area contributed by atoms with Gasteiger partial charge in [0.25, 0.3) is 0 Å². The lowest BCUT2D eigenvalue weighted by atomic mass is 10.2. The fourth-order valence-corrected chi connectivity index (χ4v) is 0.823. The number of halogens is 1. The minimum absolute atomic E-state index is 0.840.